The van der Waals surface area contributed by atoms with Gasteiger partial charge in [-0.05, 0) is 56.5 Å². The smallest absolute Gasteiger partial charge is 0.223 e. The number of hydrogen-bond donors (Lipinski definition) is 1. The van der Waals surface area contributed by atoms with Crippen molar-refractivity contribution in [2.24, 2.45) is 5.92 Å². The third kappa shape index (κ3) is 6.61. The standard InChI is InChI=1S/C23H28Cl2N2O4S/c1-16(2)31-19-8-6-17(7-9-19)14-26-23(28)18-10-12-27(13-11-18)32(29,30)15-20-21(24)4-3-5-22(20)25/h3-9,16,18H,10-15H2,1-2H3,(H,26,28). The predicted octanol–water partition coefficient (Wildman–Crippen LogP) is 4.64. The van der Waals surface area contributed by atoms with Crippen molar-refractivity contribution in [1.82, 2.24) is 9.62 Å². The lowest BCUT2D eigenvalue weighted by atomic mass is 9.97. The highest BCUT2D eigenvalue weighted by Gasteiger charge is 2.31. The molecule has 0 spiro atoms. The number of carbonyl (C=O) groups excluding carboxylic acids is 1. The Morgan fingerprint density at radius 3 is 2.25 bits per heavy atom. The molecule has 9 heteroatoms. The van der Waals surface area contributed by atoms with Gasteiger partial charge in [-0.2, -0.15) is 0 Å². The average molecular weight is 499 g/mol. The number of hydrogen-bond acceptors (Lipinski definition) is 4. The summed E-state index contributed by atoms with van der Waals surface area (Å²) < 4.78 is 32.7. The van der Waals surface area contributed by atoms with Gasteiger partial charge >= 0.3 is 0 Å². The first-order valence-corrected chi connectivity index (χ1v) is 13.0. The number of halogens is 2. The largest absolute Gasteiger partial charge is 0.491 e. The zero-order chi connectivity index (χ0) is 23.3. The van der Waals surface area contributed by atoms with E-state index in [1.54, 1.807) is 18.2 Å². The Morgan fingerprint density at radius 2 is 1.69 bits per heavy atom. The highest BCUT2D eigenvalue weighted by molar-refractivity contribution is 7.88. The number of nitrogens with zero attached hydrogens (tertiary/aromatic N) is 1. The fourth-order valence-corrected chi connectivity index (χ4v) is 5.95. The minimum atomic E-state index is -3.58. The van der Waals surface area contributed by atoms with Gasteiger partial charge in [-0.25, -0.2) is 12.7 Å². The molecular weight excluding hydrogens is 471 g/mol. The quantitative estimate of drug-likeness (QED) is 0.575. The second-order valence-corrected chi connectivity index (χ2v) is 10.9. The van der Waals surface area contributed by atoms with Crippen molar-refractivity contribution >= 4 is 39.1 Å². The van der Waals surface area contributed by atoms with Crippen LogP contribution in [-0.2, 0) is 27.1 Å². The SMILES string of the molecule is CC(C)Oc1ccc(CNC(=O)C2CCN(S(=O)(=O)Cc3c(Cl)cccc3Cl)CC2)cc1. The average Bonchev–Trinajstić information content (AvgIpc) is 2.75. The van der Waals surface area contributed by atoms with Crippen LogP contribution in [0.5, 0.6) is 5.75 Å². The number of sulfonamides is 1. The van der Waals surface area contributed by atoms with Gasteiger partial charge in [-0.15, -0.1) is 0 Å². The number of piperidine rings is 1. The minimum absolute atomic E-state index is 0.0568. The number of rotatable bonds is 8. The normalized spacial score (nSPS) is 15.7. The number of carbonyl (C=O) groups is 1. The summed E-state index contributed by atoms with van der Waals surface area (Å²) in [5.74, 6) is 0.271. The number of ether oxygens (including phenoxy) is 1. The maximum absolute atomic E-state index is 12.8. The van der Waals surface area contributed by atoms with Crippen molar-refractivity contribution in [2.45, 2.75) is 45.1 Å². The van der Waals surface area contributed by atoms with Crippen LogP contribution in [0.1, 0.15) is 37.8 Å². The van der Waals surface area contributed by atoms with E-state index >= 15 is 0 Å². The summed E-state index contributed by atoms with van der Waals surface area (Å²) in [6.07, 6.45) is 1.06. The van der Waals surface area contributed by atoms with Crippen molar-refractivity contribution in [3.05, 3.63) is 63.6 Å². The second-order valence-electron chi connectivity index (χ2n) is 8.16. The van der Waals surface area contributed by atoms with Crippen molar-refractivity contribution < 1.29 is 17.9 Å². The highest BCUT2D eigenvalue weighted by Crippen LogP contribution is 2.29. The van der Waals surface area contributed by atoms with Gasteiger partial charge in [0.05, 0.1) is 11.9 Å². The van der Waals surface area contributed by atoms with Gasteiger partial charge in [0, 0.05) is 41.2 Å². The summed E-state index contributed by atoms with van der Waals surface area (Å²) in [5.41, 5.74) is 1.38. The van der Waals surface area contributed by atoms with E-state index in [2.05, 4.69) is 5.32 Å². The molecule has 0 saturated carbocycles. The molecule has 1 aliphatic rings. The first-order chi connectivity index (χ1) is 15.2. The van der Waals surface area contributed by atoms with Crippen LogP contribution in [0.15, 0.2) is 42.5 Å². The zero-order valence-electron chi connectivity index (χ0n) is 18.2. The Hall–Kier alpha value is -1.80. The summed E-state index contributed by atoms with van der Waals surface area (Å²) in [7, 11) is -3.58. The Kier molecular flexibility index (Phi) is 8.44. The molecule has 1 saturated heterocycles. The lowest BCUT2D eigenvalue weighted by Gasteiger charge is -2.30. The van der Waals surface area contributed by atoms with Crippen molar-refractivity contribution in [3.63, 3.8) is 0 Å². The molecule has 0 bridgehead atoms. The molecule has 174 valence electrons. The molecule has 1 N–H and O–H groups in total. The maximum Gasteiger partial charge on any atom is 0.223 e. The van der Waals surface area contributed by atoms with Gasteiger partial charge in [-0.1, -0.05) is 41.4 Å². The van der Waals surface area contributed by atoms with E-state index in [4.69, 9.17) is 27.9 Å². The lowest BCUT2D eigenvalue weighted by molar-refractivity contribution is -0.126. The molecule has 1 aliphatic heterocycles. The molecule has 0 radical (unpaired) electrons. The second kappa shape index (κ2) is 10.9. The van der Waals surface area contributed by atoms with E-state index in [9.17, 15) is 13.2 Å². The van der Waals surface area contributed by atoms with Crippen molar-refractivity contribution in [1.29, 1.82) is 0 Å². The summed E-state index contributed by atoms with van der Waals surface area (Å²) in [4.78, 5) is 12.6. The van der Waals surface area contributed by atoms with E-state index in [-0.39, 0.29) is 23.7 Å². The topological polar surface area (TPSA) is 75.7 Å². The summed E-state index contributed by atoms with van der Waals surface area (Å²) in [5, 5.41) is 3.62. The molecule has 0 aliphatic carbocycles. The van der Waals surface area contributed by atoms with Crippen LogP contribution in [-0.4, -0.2) is 37.8 Å². The summed E-state index contributed by atoms with van der Waals surface area (Å²) >= 11 is 12.3. The fourth-order valence-electron chi connectivity index (χ4n) is 3.63. The molecule has 6 nitrogen and oxygen atoms in total. The number of amides is 1. The zero-order valence-corrected chi connectivity index (χ0v) is 20.5. The van der Waals surface area contributed by atoms with Gasteiger partial charge in [-0.3, -0.25) is 4.79 Å². The third-order valence-corrected chi connectivity index (χ3v) is 7.88. The molecule has 0 unspecified atom stereocenters. The molecule has 0 aromatic heterocycles. The number of benzene rings is 2. The Bertz CT molecular complexity index is 1010. The molecule has 32 heavy (non-hydrogen) atoms. The van der Waals surface area contributed by atoms with E-state index < -0.39 is 10.0 Å². The molecule has 0 atom stereocenters. The van der Waals surface area contributed by atoms with Crippen LogP contribution < -0.4 is 10.1 Å². The minimum Gasteiger partial charge on any atom is -0.491 e. The van der Waals surface area contributed by atoms with Crippen molar-refractivity contribution in [2.75, 3.05) is 13.1 Å². The van der Waals surface area contributed by atoms with E-state index in [1.165, 1.54) is 4.31 Å². The van der Waals surface area contributed by atoms with Gasteiger partial charge in [0.2, 0.25) is 15.9 Å². The Morgan fingerprint density at radius 1 is 1.09 bits per heavy atom. The first kappa shape index (κ1) is 24.8. The Labute approximate surface area is 199 Å². The lowest BCUT2D eigenvalue weighted by Crippen LogP contribution is -2.43. The molecule has 1 heterocycles. The maximum atomic E-state index is 12.8. The summed E-state index contributed by atoms with van der Waals surface area (Å²) in [6.45, 7) is 4.95. The predicted molar refractivity (Wildman–Crippen MR) is 127 cm³/mol. The van der Waals surface area contributed by atoms with Crippen LogP contribution in [0.3, 0.4) is 0 Å². The molecule has 2 aromatic rings. The van der Waals surface area contributed by atoms with Crippen LogP contribution in [0, 0.1) is 5.92 Å². The third-order valence-electron chi connectivity index (χ3n) is 5.37. The van der Waals surface area contributed by atoms with Crippen LogP contribution >= 0.6 is 23.2 Å². The van der Waals surface area contributed by atoms with Crippen LogP contribution in [0.4, 0.5) is 0 Å². The highest BCUT2D eigenvalue weighted by atomic mass is 35.5. The molecular formula is C23H28Cl2N2O4S. The number of nitrogens with one attached hydrogen (secondary N) is 1. The van der Waals surface area contributed by atoms with Gasteiger partial charge in [0.1, 0.15) is 5.75 Å². The van der Waals surface area contributed by atoms with Gasteiger partial charge in [0.15, 0.2) is 0 Å². The van der Waals surface area contributed by atoms with Gasteiger partial charge < -0.3 is 10.1 Å². The molecule has 1 amide bonds. The molecule has 2 aromatic carbocycles. The molecule has 3 rings (SSSR count). The van der Waals surface area contributed by atoms with Crippen molar-refractivity contribution in [3.8, 4) is 5.75 Å². The monoisotopic (exact) mass is 498 g/mol. The van der Waals surface area contributed by atoms with E-state index in [0.29, 0.717) is 48.1 Å². The van der Waals surface area contributed by atoms with Crippen LogP contribution in [0.2, 0.25) is 10.0 Å². The Balaban J connectivity index is 1.50. The van der Waals surface area contributed by atoms with Crippen LogP contribution in [0.25, 0.3) is 0 Å². The van der Waals surface area contributed by atoms with Gasteiger partial charge in [0.25, 0.3) is 0 Å². The summed E-state index contributed by atoms with van der Waals surface area (Å²) in [6, 6.07) is 12.5. The fraction of sp³-hybridized carbons (Fsp3) is 0.435. The molecule has 1 fully saturated rings. The first-order valence-electron chi connectivity index (χ1n) is 10.6. The van der Waals surface area contributed by atoms with E-state index in [0.717, 1.165) is 11.3 Å². The van der Waals surface area contributed by atoms with E-state index in [1.807, 2.05) is 38.1 Å².